The van der Waals surface area contributed by atoms with Crippen molar-refractivity contribution in [2.45, 2.75) is 19.4 Å². The van der Waals surface area contributed by atoms with Gasteiger partial charge in [-0.2, -0.15) is 0 Å². The Morgan fingerprint density at radius 3 is 2.58 bits per heavy atom. The summed E-state index contributed by atoms with van der Waals surface area (Å²) in [6, 6.07) is 8.55. The molecule has 0 aliphatic heterocycles. The Kier molecular flexibility index (Phi) is 4.17. The molecule has 0 bridgehead atoms. The van der Waals surface area contributed by atoms with Gasteiger partial charge in [0.25, 0.3) is 0 Å². The van der Waals surface area contributed by atoms with Crippen molar-refractivity contribution in [3.8, 4) is 0 Å². The van der Waals surface area contributed by atoms with Crippen LogP contribution in [-0.2, 0) is 6.42 Å². The van der Waals surface area contributed by atoms with Crippen molar-refractivity contribution in [2.24, 2.45) is 0 Å². The SMILES string of the molecule is Cc1cc(F)ccc1CC(O)c1c(F)cccc1Cl. The van der Waals surface area contributed by atoms with Gasteiger partial charge in [-0.25, -0.2) is 8.78 Å². The fourth-order valence-corrected chi connectivity index (χ4v) is 2.32. The molecule has 100 valence electrons. The minimum Gasteiger partial charge on any atom is -0.388 e. The first kappa shape index (κ1) is 14.0. The van der Waals surface area contributed by atoms with Crippen molar-refractivity contribution < 1.29 is 13.9 Å². The molecular weight excluding hydrogens is 270 g/mol. The Bertz CT molecular complexity index is 578. The summed E-state index contributed by atoms with van der Waals surface area (Å²) in [5.74, 6) is -0.876. The summed E-state index contributed by atoms with van der Waals surface area (Å²) < 4.78 is 26.7. The van der Waals surface area contributed by atoms with Gasteiger partial charge in [0.05, 0.1) is 6.10 Å². The largest absolute Gasteiger partial charge is 0.388 e. The van der Waals surface area contributed by atoms with Gasteiger partial charge in [0.2, 0.25) is 0 Å². The monoisotopic (exact) mass is 282 g/mol. The molecule has 0 spiro atoms. The highest BCUT2D eigenvalue weighted by Crippen LogP contribution is 2.29. The maximum Gasteiger partial charge on any atom is 0.130 e. The van der Waals surface area contributed by atoms with Crippen molar-refractivity contribution in [2.75, 3.05) is 0 Å². The highest BCUT2D eigenvalue weighted by atomic mass is 35.5. The molecule has 1 nitrogen and oxygen atoms in total. The highest BCUT2D eigenvalue weighted by molar-refractivity contribution is 6.31. The average Bonchev–Trinajstić information content (AvgIpc) is 2.32. The number of halogens is 3. The van der Waals surface area contributed by atoms with Crippen LogP contribution in [0.5, 0.6) is 0 Å². The lowest BCUT2D eigenvalue weighted by atomic mass is 9.98. The summed E-state index contributed by atoms with van der Waals surface area (Å²) in [6.45, 7) is 1.74. The van der Waals surface area contributed by atoms with Gasteiger partial charge in [0.1, 0.15) is 11.6 Å². The lowest BCUT2D eigenvalue weighted by Crippen LogP contribution is -2.06. The van der Waals surface area contributed by atoms with E-state index in [4.69, 9.17) is 11.6 Å². The third-order valence-corrected chi connectivity index (χ3v) is 3.38. The Hall–Kier alpha value is -1.45. The van der Waals surface area contributed by atoms with E-state index in [9.17, 15) is 13.9 Å². The molecule has 0 saturated heterocycles. The van der Waals surface area contributed by atoms with Gasteiger partial charge in [-0.15, -0.1) is 0 Å². The van der Waals surface area contributed by atoms with Gasteiger partial charge < -0.3 is 5.11 Å². The van der Waals surface area contributed by atoms with Crippen LogP contribution < -0.4 is 0 Å². The van der Waals surface area contributed by atoms with E-state index in [1.165, 1.54) is 30.3 Å². The minimum atomic E-state index is -1.06. The number of aliphatic hydroxyl groups excluding tert-OH is 1. The number of aliphatic hydroxyl groups is 1. The summed E-state index contributed by atoms with van der Waals surface area (Å²) >= 11 is 5.90. The fourth-order valence-electron chi connectivity index (χ4n) is 2.03. The maximum absolute atomic E-state index is 13.7. The molecule has 2 rings (SSSR count). The number of rotatable bonds is 3. The van der Waals surface area contributed by atoms with Gasteiger partial charge in [0, 0.05) is 17.0 Å². The van der Waals surface area contributed by atoms with Crippen LogP contribution in [0.15, 0.2) is 36.4 Å². The predicted octanol–water partition coefficient (Wildman–Crippen LogP) is 4.20. The van der Waals surface area contributed by atoms with Gasteiger partial charge in [-0.1, -0.05) is 23.7 Å². The van der Waals surface area contributed by atoms with Gasteiger partial charge in [-0.05, 0) is 42.3 Å². The molecule has 0 aliphatic rings. The first-order valence-electron chi connectivity index (χ1n) is 5.86. The second kappa shape index (κ2) is 5.68. The van der Waals surface area contributed by atoms with E-state index < -0.39 is 11.9 Å². The van der Waals surface area contributed by atoms with Crippen molar-refractivity contribution in [1.29, 1.82) is 0 Å². The van der Waals surface area contributed by atoms with Crippen molar-refractivity contribution in [3.63, 3.8) is 0 Å². The molecule has 2 aromatic carbocycles. The summed E-state index contributed by atoms with van der Waals surface area (Å²) in [5.41, 5.74) is 1.55. The maximum atomic E-state index is 13.7. The van der Waals surface area contributed by atoms with E-state index in [2.05, 4.69) is 0 Å². The van der Waals surface area contributed by atoms with Crippen molar-refractivity contribution >= 4 is 11.6 Å². The Labute approximate surface area is 115 Å². The van der Waals surface area contributed by atoms with Gasteiger partial charge >= 0.3 is 0 Å². The number of benzene rings is 2. The van der Waals surface area contributed by atoms with Crippen LogP contribution >= 0.6 is 11.6 Å². The first-order chi connectivity index (χ1) is 8.99. The first-order valence-corrected chi connectivity index (χ1v) is 6.24. The molecule has 0 aliphatic carbocycles. The van der Waals surface area contributed by atoms with Gasteiger partial charge in [0.15, 0.2) is 0 Å². The van der Waals surface area contributed by atoms with Crippen LogP contribution in [0.1, 0.15) is 22.8 Å². The predicted molar refractivity (Wildman–Crippen MR) is 71.2 cm³/mol. The number of hydrogen-bond donors (Lipinski definition) is 1. The normalized spacial score (nSPS) is 12.5. The van der Waals surface area contributed by atoms with E-state index in [-0.39, 0.29) is 22.8 Å². The zero-order chi connectivity index (χ0) is 14.0. The third kappa shape index (κ3) is 3.11. The van der Waals surface area contributed by atoms with Crippen LogP contribution in [0.25, 0.3) is 0 Å². The zero-order valence-electron chi connectivity index (χ0n) is 10.3. The van der Waals surface area contributed by atoms with E-state index >= 15 is 0 Å². The van der Waals surface area contributed by atoms with Gasteiger partial charge in [-0.3, -0.25) is 0 Å². The van der Waals surface area contributed by atoms with E-state index in [0.29, 0.717) is 5.56 Å². The summed E-state index contributed by atoms with van der Waals surface area (Å²) in [6.07, 6.45) is -0.870. The fraction of sp³-hybridized carbons (Fsp3) is 0.200. The summed E-state index contributed by atoms with van der Waals surface area (Å²) in [7, 11) is 0. The molecule has 2 aromatic rings. The van der Waals surface area contributed by atoms with Crippen LogP contribution in [0.3, 0.4) is 0 Å². The molecular formula is C15H13ClF2O. The van der Waals surface area contributed by atoms with E-state index in [0.717, 1.165) is 5.56 Å². The lowest BCUT2D eigenvalue weighted by molar-refractivity contribution is 0.173. The summed E-state index contributed by atoms with van der Waals surface area (Å²) in [5, 5.41) is 10.3. The second-order valence-electron chi connectivity index (χ2n) is 4.43. The minimum absolute atomic E-state index is 0.0768. The van der Waals surface area contributed by atoms with Crippen LogP contribution in [0, 0.1) is 18.6 Å². The molecule has 1 atom stereocenters. The molecule has 0 saturated carbocycles. The Morgan fingerprint density at radius 2 is 1.95 bits per heavy atom. The molecule has 0 fully saturated rings. The second-order valence-corrected chi connectivity index (χ2v) is 4.83. The van der Waals surface area contributed by atoms with E-state index in [1.807, 2.05) is 0 Å². The topological polar surface area (TPSA) is 20.2 Å². The van der Waals surface area contributed by atoms with Crippen LogP contribution in [0.4, 0.5) is 8.78 Å². The van der Waals surface area contributed by atoms with Crippen LogP contribution in [-0.4, -0.2) is 5.11 Å². The lowest BCUT2D eigenvalue weighted by Gasteiger charge is -2.15. The smallest absolute Gasteiger partial charge is 0.130 e. The molecule has 0 radical (unpaired) electrons. The number of hydrogen-bond acceptors (Lipinski definition) is 1. The van der Waals surface area contributed by atoms with Crippen molar-refractivity contribution in [3.05, 3.63) is 69.7 Å². The zero-order valence-corrected chi connectivity index (χ0v) is 11.1. The van der Waals surface area contributed by atoms with E-state index in [1.54, 1.807) is 13.0 Å². The van der Waals surface area contributed by atoms with Crippen LogP contribution in [0.2, 0.25) is 5.02 Å². The molecule has 19 heavy (non-hydrogen) atoms. The Morgan fingerprint density at radius 1 is 1.21 bits per heavy atom. The Balaban J connectivity index is 2.28. The quantitative estimate of drug-likeness (QED) is 0.894. The molecule has 1 N–H and O–H groups in total. The molecule has 4 heteroatoms. The standard InChI is InChI=1S/C15H13ClF2O/c1-9-7-11(17)6-5-10(9)8-14(19)15-12(16)3-2-4-13(15)18/h2-7,14,19H,8H2,1H3. The number of aryl methyl sites for hydroxylation is 1. The molecule has 0 amide bonds. The molecule has 0 heterocycles. The third-order valence-electron chi connectivity index (χ3n) is 3.05. The van der Waals surface area contributed by atoms with Crippen molar-refractivity contribution in [1.82, 2.24) is 0 Å². The highest BCUT2D eigenvalue weighted by Gasteiger charge is 2.17. The summed E-state index contributed by atoms with van der Waals surface area (Å²) in [4.78, 5) is 0. The molecule has 1 unspecified atom stereocenters. The average molecular weight is 283 g/mol. The molecule has 0 aromatic heterocycles.